The third-order valence-corrected chi connectivity index (χ3v) is 3.84. The number of hydrogen-bond donors (Lipinski definition) is 2. The van der Waals surface area contributed by atoms with Gasteiger partial charge in [-0.05, 0) is 35.7 Å². The van der Waals surface area contributed by atoms with E-state index in [0.717, 1.165) is 17.7 Å². The first-order chi connectivity index (χ1) is 11.7. The maximum atomic E-state index is 11.2. The second kappa shape index (κ2) is 6.96. The first-order valence-electron chi connectivity index (χ1n) is 7.72. The molecule has 3 rings (SSSR count). The monoisotopic (exact) mass is 318 g/mol. The Morgan fingerprint density at radius 1 is 1.00 bits per heavy atom. The van der Waals surface area contributed by atoms with Crippen LogP contribution in [-0.4, -0.2) is 23.1 Å². The van der Waals surface area contributed by atoms with E-state index in [4.69, 9.17) is 0 Å². The fraction of sp³-hybridized carbons (Fsp3) is 0.100. The van der Waals surface area contributed by atoms with Crippen molar-refractivity contribution < 1.29 is 9.90 Å². The van der Waals surface area contributed by atoms with E-state index in [1.165, 1.54) is 11.1 Å². The number of aromatic carboxylic acids is 1. The van der Waals surface area contributed by atoms with Crippen molar-refractivity contribution in [2.24, 2.45) is 0 Å². The molecule has 1 heterocycles. The molecule has 120 valence electrons. The number of hydrogen-bond acceptors (Lipinski definition) is 3. The summed E-state index contributed by atoms with van der Waals surface area (Å²) in [6.07, 6.45) is 0.848. The molecule has 0 radical (unpaired) electrons. The third kappa shape index (κ3) is 3.43. The van der Waals surface area contributed by atoms with Gasteiger partial charge in [0.2, 0.25) is 0 Å². The Morgan fingerprint density at radius 3 is 2.46 bits per heavy atom. The van der Waals surface area contributed by atoms with Crippen LogP contribution < -0.4 is 5.32 Å². The number of rotatable bonds is 5. The van der Waals surface area contributed by atoms with Gasteiger partial charge in [-0.25, -0.2) is 9.78 Å². The molecule has 0 atom stereocenters. The van der Waals surface area contributed by atoms with Gasteiger partial charge in [-0.2, -0.15) is 0 Å². The van der Waals surface area contributed by atoms with Crippen LogP contribution in [-0.2, 0) is 6.42 Å². The van der Waals surface area contributed by atoms with Gasteiger partial charge in [-0.3, -0.25) is 0 Å². The van der Waals surface area contributed by atoms with Crippen LogP contribution in [0, 0.1) is 0 Å². The minimum Gasteiger partial charge on any atom is -0.478 e. The summed E-state index contributed by atoms with van der Waals surface area (Å²) < 4.78 is 0. The molecule has 3 aromatic rings. The van der Waals surface area contributed by atoms with Gasteiger partial charge >= 0.3 is 5.97 Å². The molecule has 2 aromatic carbocycles. The average molecular weight is 318 g/mol. The molecule has 0 aliphatic carbocycles. The van der Waals surface area contributed by atoms with Gasteiger partial charge in [0.25, 0.3) is 0 Å². The highest BCUT2D eigenvalue weighted by atomic mass is 16.4. The number of carboxylic acid groups (broad SMARTS) is 1. The number of benzene rings is 2. The van der Waals surface area contributed by atoms with Crippen molar-refractivity contribution in [1.82, 2.24) is 4.98 Å². The van der Waals surface area contributed by atoms with E-state index in [-0.39, 0.29) is 5.56 Å². The zero-order chi connectivity index (χ0) is 16.9. The Bertz CT molecular complexity index is 861. The Morgan fingerprint density at radius 2 is 1.75 bits per heavy atom. The number of carbonyl (C=O) groups is 1. The smallest absolute Gasteiger partial charge is 0.339 e. The minimum absolute atomic E-state index is 0.168. The number of nitrogens with one attached hydrogen (secondary N) is 1. The highest BCUT2D eigenvalue weighted by molar-refractivity contribution is 5.93. The van der Waals surface area contributed by atoms with Crippen molar-refractivity contribution in [2.75, 3.05) is 12.4 Å². The van der Waals surface area contributed by atoms with Crippen LogP contribution in [0.3, 0.4) is 0 Å². The fourth-order valence-corrected chi connectivity index (χ4v) is 2.66. The molecule has 0 spiro atoms. The number of anilines is 1. The third-order valence-electron chi connectivity index (χ3n) is 3.84. The van der Waals surface area contributed by atoms with Crippen LogP contribution in [0.5, 0.6) is 0 Å². The summed E-state index contributed by atoms with van der Waals surface area (Å²) in [6, 6.07) is 21.8. The molecule has 1 aromatic heterocycles. The first-order valence-corrected chi connectivity index (χ1v) is 7.72. The molecule has 0 bridgehead atoms. The topological polar surface area (TPSA) is 62.2 Å². The van der Waals surface area contributed by atoms with E-state index in [1.54, 1.807) is 19.2 Å². The lowest BCUT2D eigenvalue weighted by Crippen LogP contribution is -2.05. The SMILES string of the molecule is CNc1nc(-c2cccc(Cc3ccccc3)c2)ccc1C(=O)O. The minimum atomic E-state index is -0.990. The molecular formula is C20H18N2O2. The van der Waals surface area contributed by atoms with Crippen molar-refractivity contribution in [3.63, 3.8) is 0 Å². The first kappa shape index (κ1) is 15.7. The lowest BCUT2D eigenvalue weighted by Gasteiger charge is -2.09. The summed E-state index contributed by atoms with van der Waals surface area (Å²) in [5.41, 5.74) is 4.33. The molecule has 4 nitrogen and oxygen atoms in total. The number of pyridine rings is 1. The van der Waals surface area contributed by atoms with E-state index in [1.807, 2.05) is 30.3 Å². The Kier molecular flexibility index (Phi) is 4.57. The molecule has 0 amide bonds. The van der Waals surface area contributed by atoms with Gasteiger partial charge in [-0.15, -0.1) is 0 Å². The average Bonchev–Trinajstić information content (AvgIpc) is 2.62. The zero-order valence-electron chi connectivity index (χ0n) is 13.4. The van der Waals surface area contributed by atoms with Crippen LogP contribution in [0.1, 0.15) is 21.5 Å². The Labute approximate surface area is 140 Å². The van der Waals surface area contributed by atoms with Crippen molar-refractivity contribution in [3.8, 4) is 11.3 Å². The van der Waals surface area contributed by atoms with Crippen molar-refractivity contribution in [1.29, 1.82) is 0 Å². The van der Waals surface area contributed by atoms with Crippen LogP contribution >= 0.6 is 0 Å². The quantitative estimate of drug-likeness (QED) is 0.744. The van der Waals surface area contributed by atoms with Gasteiger partial charge in [-0.1, -0.05) is 48.5 Å². The maximum absolute atomic E-state index is 11.2. The molecule has 0 saturated heterocycles. The van der Waals surface area contributed by atoms with Gasteiger partial charge in [0.1, 0.15) is 11.4 Å². The summed E-state index contributed by atoms with van der Waals surface area (Å²) in [5, 5.41) is 12.0. The molecule has 4 heteroatoms. The normalized spacial score (nSPS) is 10.4. The maximum Gasteiger partial charge on any atom is 0.339 e. The molecule has 24 heavy (non-hydrogen) atoms. The molecular weight excluding hydrogens is 300 g/mol. The number of aromatic nitrogens is 1. The lowest BCUT2D eigenvalue weighted by molar-refractivity contribution is 0.0697. The highest BCUT2D eigenvalue weighted by Gasteiger charge is 2.12. The summed E-state index contributed by atoms with van der Waals surface area (Å²) >= 11 is 0. The standard InChI is InChI=1S/C20H18N2O2/c1-21-19-17(20(23)24)10-11-18(22-19)16-9-5-8-15(13-16)12-14-6-3-2-4-7-14/h2-11,13H,12H2,1H3,(H,21,22)(H,23,24). The summed E-state index contributed by atoms with van der Waals surface area (Å²) in [6.45, 7) is 0. The summed E-state index contributed by atoms with van der Waals surface area (Å²) in [4.78, 5) is 15.6. The van der Waals surface area contributed by atoms with Crippen LogP contribution in [0.2, 0.25) is 0 Å². The molecule has 0 fully saturated rings. The summed E-state index contributed by atoms with van der Waals surface area (Å²) in [5.74, 6) is -0.621. The van der Waals surface area contributed by atoms with E-state index >= 15 is 0 Å². The molecule has 0 unspecified atom stereocenters. The summed E-state index contributed by atoms with van der Waals surface area (Å²) in [7, 11) is 1.67. The molecule has 0 aliphatic rings. The van der Waals surface area contributed by atoms with E-state index in [0.29, 0.717) is 5.82 Å². The largest absolute Gasteiger partial charge is 0.478 e. The van der Waals surface area contributed by atoms with Gasteiger partial charge < -0.3 is 10.4 Å². The van der Waals surface area contributed by atoms with Gasteiger partial charge in [0.15, 0.2) is 0 Å². The van der Waals surface area contributed by atoms with Crippen molar-refractivity contribution in [2.45, 2.75) is 6.42 Å². The highest BCUT2D eigenvalue weighted by Crippen LogP contribution is 2.23. The van der Waals surface area contributed by atoms with Crippen LogP contribution in [0.25, 0.3) is 11.3 Å². The van der Waals surface area contributed by atoms with Crippen LogP contribution in [0.15, 0.2) is 66.7 Å². The number of carboxylic acids is 1. The molecule has 2 N–H and O–H groups in total. The fourth-order valence-electron chi connectivity index (χ4n) is 2.66. The number of nitrogens with zero attached hydrogens (tertiary/aromatic N) is 1. The van der Waals surface area contributed by atoms with E-state index < -0.39 is 5.97 Å². The van der Waals surface area contributed by atoms with Crippen molar-refractivity contribution in [3.05, 3.63) is 83.4 Å². The van der Waals surface area contributed by atoms with Gasteiger partial charge in [0.05, 0.1) is 5.69 Å². The van der Waals surface area contributed by atoms with E-state index in [9.17, 15) is 9.90 Å². The van der Waals surface area contributed by atoms with Crippen LogP contribution in [0.4, 0.5) is 5.82 Å². The van der Waals surface area contributed by atoms with Crippen molar-refractivity contribution >= 4 is 11.8 Å². The lowest BCUT2D eigenvalue weighted by atomic mass is 10.0. The predicted molar refractivity (Wildman–Crippen MR) is 95.4 cm³/mol. The molecule has 0 aliphatic heterocycles. The Balaban J connectivity index is 1.93. The predicted octanol–water partition coefficient (Wildman–Crippen LogP) is 4.08. The van der Waals surface area contributed by atoms with Gasteiger partial charge in [0, 0.05) is 12.6 Å². The second-order valence-electron chi connectivity index (χ2n) is 5.51. The zero-order valence-corrected chi connectivity index (χ0v) is 13.4. The van der Waals surface area contributed by atoms with E-state index in [2.05, 4.69) is 34.6 Å². The molecule has 0 saturated carbocycles. The Hall–Kier alpha value is -3.14. The second-order valence-corrected chi connectivity index (χ2v) is 5.51.